The van der Waals surface area contributed by atoms with Crippen LogP contribution in [0.2, 0.25) is 0 Å². The molecule has 0 aromatic rings. The lowest BCUT2D eigenvalue weighted by Crippen LogP contribution is -1.83. The molecule has 0 rings (SSSR count). The molecule has 0 aromatic carbocycles. The van der Waals surface area contributed by atoms with E-state index < -0.39 is 0 Å². The zero-order chi connectivity index (χ0) is 11.2. The molecule has 0 aliphatic carbocycles. The van der Waals surface area contributed by atoms with Crippen LogP contribution in [-0.2, 0) is 0 Å². The minimum atomic E-state index is 1.37. The Morgan fingerprint density at radius 2 is 1.00 bits per heavy atom. The molecule has 0 bridgehead atoms. The molecule has 15 heavy (non-hydrogen) atoms. The average Bonchev–Trinajstić information content (AvgIpc) is 2.26. The molecule has 0 atom stereocenters. The SMILES string of the molecule is CCCCCCCCCC[P]CCCC. The molecule has 0 saturated heterocycles. The van der Waals surface area contributed by atoms with Crippen molar-refractivity contribution in [2.45, 2.75) is 78.1 Å². The zero-order valence-corrected chi connectivity index (χ0v) is 11.8. The Balaban J connectivity index is 2.81. The summed E-state index contributed by atoms with van der Waals surface area (Å²) in [7, 11) is 1.70. The molecule has 0 aliphatic heterocycles. The van der Waals surface area contributed by atoms with E-state index in [4.69, 9.17) is 0 Å². The van der Waals surface area contributed by atoms with Gasteiger partial charge in [-0.3, -0.25) is 0 Å². The van der Waals surface area contributed by atoms with Crippen molar-refractivity contribution in [3.05, 3.63) is 0 Å². The van der Waals surface area contributed by atoms with Crippen molar-refractivity contribution < 1.29 is 0 Å². The smallest absolute Gasteiger partial charge is 0.0287 e. The van der Waals surface area contributed by atoms with Gasteiger partial charge < -0.3 is 0 Å². The van der Waals surface area contributed by atoms with Gasteiger partial charge in [0.1, 0.15) is 0 Å². The van der Waals surface area contributed by atoms with Gasteiger partial charge in [-0.05, 0) is 25.2 Å². The van der Waals surface area contributed by atoms with Gasteiger partial charge in [0.05, 0.1) is 0 Å². The van der Waals surface area contributed by atoms with E-state index >= 15 is 0 Å². The monoisotopic (exact) mass is 229 g/mol. The fourth-order valence-electron chi connectivity index (χ4n) is 1.74. The summed E-state index contributed by atoms with van der Waals surface area (Å²) in [6, 6.07) is 0. The third-order valence-electron chi connectivity index (χ3n) is 2.84. The first-order valence-electron chi connectivity index (χ1n) is 7.05. The van der Waals surface area contributed by atoms with Crippen molar-refractivity contribution in [1.29, 1.82) is 0 Å². The maximum absolute atomic E-state index is 2.29. The van der Waals surface area contributed by atoms with Crippen molar-refractivity contribution >= 4 is 8.58 Å². The van der Waals surface area contributed by atoms with E-state index in [2.05, 4.69) is 13.8 Å². The summed E-state index contributed by atoms with van der Waals surface area (Å²) in [6.07, 6.45) is 17.3. The molecular formula is C14H30P. The number of hydrogen-bond acceptors (Lipinski definition) is 0. The largest absolute Gasteiger partial charge is 0.0810 e. The lowest BCUT2D eigenvalue weighted by Gasteiger charge is -2.01. The summed E-state index contributed by atoms with van der Waals surface area (Å²) >= 11 is 0. The van der Waals surface area contributed by atoms with E-state index in [9.17, 15) is 0 Å². The highest BCUT2D eigenvalue weighted by Crippen LogP contribution is 2.16. The summed E-state index contributed by atoms with van der Waals surface area (Å²) in [4.78, 5) is 0. The fraction of sp³-hybridized carbons (Fsp3) is 1.00. The highest BCUT2D eigenvalue weighted by molar-refractivity contribution is 7.37. The van der Waals surface area contributed by atoms with Crippen LogP contribution in [0.3, 0.4) is 0 Å². The number of unbranched alkanes of at least 4 members (excludes halogenated alkanes) is 8. The first kappa shape index (κ1) is 15.4. The van der Waals surface area contributed by atoms with E-state index in [0.29, 0.717) is 0 Å². The first-order valence-corrected chi connectivity index (χ1v) is 8.31. The van der Waals surface area contributed by atoms with E-state index in [-0.39, 0.29) is 0 Å². The van der Waals surface area contributed by atoms with Gasteiger partial charge in [0.15, 0.2) is 0 Å². The van der Waals surface area contributed by atoms with Crippen molar-refractivity contribution in [2.75, 3.05) is 12.3 Å². The summed E-state index contributed by atoms with van der Waals surface area (Å²) in [6.45, 7) is 4.57. The van der Waals surface area contributed by atoms with Crippen molar-refractivity contribution in [3.63, 3.8) is 0 Å². The van der Waals surface area contributed by atoms with Crippen LogP contribution in [-0.4, -0.2) is 12.3 Å². The molecule has 0 heterocycles. The molecular weight excluding hydrogens is 199 g/mol. The number of hydrogen-bond donors (Lipinski definition) is 0. The van der Waals surface area contributed by atoms with Gasteiger partial charge >= 0.3 is 0 Å². The maximum atomic E-state index is 2.29. The first-order chi connectivity index (χ1) is 7.41. The van der Waals surface area contributed by atoms with E-state index in [1.54, 1.807) is 8.58 Å². The van der Waals surface area contributed by atoms with E-state index in [1.807, 2.05) is 0 Å². The van der Waals surface area contributed by atoms with Crippen LogP contribution in [0.5, 0.6) is 0 Å². The normalized spacial score (nSPS) is 11.6. The van der Waals surface area contributed by atoms with Crippen LogP contribution < -0.4 is 0 Å². The van der Waals surface area contributed by atoms with Gasteiger partial charge in [-0.25, -0.2) is 0 Å². The third kappa shape index (κ3) is 14.4. The number of rotatable bonds is 12. The summed E-state index contributed by atoms with van der Waals surface area (Å²) in [5, 5.41) is 0. The lowest BCUT2D eigenvalue weighted by molar-refractivity contribution is 0.586. The van der Waals surface area contributed by atoms with Crippen LogP contribution in [0.15, 0.2) is 0 Å². The van der Waals surface area contributed by atoms with Crippen molar-refractivity contribution in [3.8, 4) is 0 Å². The molecule has 1 heteroatoms. The topological polar surface area (TPSA) is 0 Å². The van der Waals surface area contributed by atoms with Crippen molar-refractivity contribution in [1.82, 2.24) is 0 Å². The second-order valence-corrected chi connectivity index (χ2v) is 5.84. The third-order valence-corrected chi connectivity index (χ3v) is 4.10. The molecule has 0 nitrogen and oxygen atoms in total. The van der Waals surface area contributed by atoms with Gasteiger partial charge in [-0.15, -0.1) is 0 Å². The van der Waals surface area contributed by atoms with Gasteiger partial charge in [0, 0.05) is 0 Å². The lowest BCUT2D eigenvalue weighted by atomic mass is 10.1. The van der Waals surface area contributed by atoms with E-state index in [0.717, 1.165) is 0 Å². The molecule has 91 valence electrons. The van der Waals surface area contributed by atoms with Gasteiger partial charge in [-0.1, -0.05) is 73.8 Å². The molecule has 0 spiro atoms. The Morgan fingerprint density at radius 1 is 0.533 bits per heavy atom. The molecule has 0 N–H and O–H groups in total. The van der Waals surface area contributed by atoms with Gasteiger partial charge in [0.2, 0.25) is 0 Å². The second kappa shape index (κ2) is 14.4. The Hall–Kier alpha value is 0.430. The minimum Gasteiger partial charge on any atom is -0.0810 e. The zero-order valence-electron chi connectivity index (χ0n) is 10.9. The highest BCUT2D eigenvalue weighted by Gasteiger charge is 1.92. The Labute approximate surface area is 99.4 Å². The highest BCUT2D eigenvalue weighted by atomic mass is 31.1. The molecule has 0 amide bonds. The molecule has 1 radical (unpaired) electrons. The standard InChI is InChI=1S/C14H30P/c1-3-5-7-8-9-10-11-12-14-15-13-6-4-2/h3-14H2,1-2H3. The Bertz CT molecular complexity index is 89.5. The maximum Gasteiger partial charge on any atom is -0.0287 e. The van der Waals surface area contributed by atoms with Crippen LogP contribution in [0, 0.1) is 0 Å². The van der Waals surface area contributed by atoms with E-state index in [1.165, 1.54) is 76.5 Å². The molecule has 0 fully saturated rings. The molecule has 0 saturated carbocycles. The summed E-state index contributed by atoms with van der Waals surface area (Å²) < 4.78 is 0. The second-order valence-electron chi connectivity index (χ2n) is 4.50. The predicted octanol–water partition coefficient (Wildman–Crippen LogP) is 5.87. The van der Waals surface area contributed by atoms with Crippen LogP contribution in [0.25, 0.3) is 0 Å². The van der Waals surface area contributed by atoms with Crippen LogP contribution in [0.1, 0.15) is 78.1 Å². The van der Waals surface area contributed by atoms with Crippen LogP contribution >= 0.6 is 8.58 Å². The van der Waals surface area contributed by atoms with Crippen molar-refractivity contribution in [2.24, 2.45) is 0 Å². The van der Waals surface area contributed by atoms with Crippen LogP contribution in [0.4, 0.5) is 0 Å². The molecule has 0 aromatic heterocycles. The minimum absolute atomic E-state index is 1.37. The predicted molar refractivity (Wildman–Crippen MR) is 74.2 cm³/mol. The quantitative estimate of drug-likeness (QED) is 0.290. The Kier molecular flexibility index (Phi) is 14.8. The fourth-order valence-corrected chi connectivity index (χ4v) is 2.95. The molecule has 0 unspecified atom stereocenters. The van der Waals surface area contributed by atoms with Gasteiger partial charge in [0.25, 0.3) is 0 Å². The summed E-state index contributed by atoms with van der Waals surface area (Å²) in [5.74, 6) is 0. The Morgan fingerprint density at radius 3 is 1.60 bits per heavy atom. The average molecular weight is 229 g/mol. The van der Waals surface area contributed by atoms with Gasteiger partial charge in [-0.2, -0.15) is 0 Å². The molecule has 0 aliphatic rings. The summed E-state index contributed by atoms with van der Waals surface area (Å²) in [5.41, 5.74) is 0.